The van der Waals surface area contributed by atoms with Crippen LogP contribution in [-0.2, 0) is 19.5 Å². The summed E-state index contributed by atoms with van der Waals surface area (Å²) in [6.45, 7) is 5.18. The van der Waals surface area contributed by atoms with Gasteiger partial charge in [0.05, 0.1) is 12.0 Å². The Balaban J connectivity index is 1.85. The molecule has 0 aliphatic heterocycles. The quantitative estimate of drug-likeness (QED) is 0.765. The highest BCUT2D eigenvalue weighted by Gasteiger charge is 2.02. The van der Waals surface area contributed by atoms with Crippen molar-refractivity contribution in [2.45, 2.75) is 32.9 Å². The number of aryl methyl sites for hydroxylation is 2. The number of hydrogen-bond acceptors (Lipinski definition) is 3. The van der Waals surface area contributed by atoms with Gasteiger partial charge in [-0.25, -0.2) is 4.98 Å². The SMILES string of the molecule is CCCNCc1cncn1CCc1cccs1. The number of thiophene rings is 1. The van der Waals surface area contributed by atoms with Crippen molar-refractivity contribution in [3.05, 3.63) is 40.6 Å². The maximum absolute atomic E-state index is 4.23. The van der Waals surface area contributed by atoms with Crippen LogP contribution in [0.2, 0.25) is 0 Å². The van der Waals surface area contributed by atoms with Crippen LogP contribution in [0.3, 0.4) is 0 Å². The minimum absolute atomic E-state index is 0.915. The highest BCUT2D eigenvalue weighted by Crippen LogP contribution is 2.11. The van der Waals surface area contributed by atoms with Gasteiger partial charge in [-0.15, -0.1) is 11.3 Å². The largest absolute Gasteiger partial charge is 0.333 e. The molecule has 2 heterocycles. The first kappa shape index (κ1) is 12.3. The van der Waals surface area contributed by atoms with Crippen molar-refractivity contribution in [3.63, 3.8) is 0 Å². The second kappa shape index (κ2) is 6.57. The Morgan fingerprint density at radius 3 is 3.18 bits per heavy atom. The third-order valence-corrected chi connectivity index (χ3v) is 3.65. The van der Waals surface area contributed by atoms with E-state index in [-0.39, 0.29) is 0 Å². The highest BCUT2D eigenvalue weighted by atomic mass is 32.1. The summed E-state index contributed by atoms with van der Waals surface area (Å²) < 4.78 is 2.24. The van der Waals surface area contributed by atoms with Crippen molar-refractivity contribution < 1.29 is 0 Å². The number of aromatic nitrogens is 2. The zero-order chi connectivity index (χ0) is 11.9. The average molecular weight is 249 g/mol. The molecular weight excluding hydrogens is 230 g/mol. The molecule has 2 rings (SSSR count). The van der Waals surface area contributed by atoms with E-state index in [2.05, 4.69) is 39.3 Å². The number of nitrogens with one attached hydrogen (secondary N) is 1. The fraction of sp³-hybridized carbons (Fsp3) is 0.462. The van der Waals surface area contributed by atoms with Gasteiger partial charge >= 0.3 is 0 Å². The molecule has 0 aliphatic carbocycles. The van der Waals surface area contributed by atoms with Gasteiger partial charge in [0, 0.05) is 24.2 Å². The molecule has 0 atom stereocenters. The molecule has 0 aliphatic rings. The van der Waals surface area contributed by atoms with Crippen molar-refractivity contribution >= 4 is 11.3 Å². The van der Waals surface area contributed by atoms with Gasteiger partial charge in [-0.2, -0.15) is 0 Å². The summed E-state index contributed by atoms with van der Waals surface area (Å²) in [7, 11) is 0. The number of hydrogen-bond donors (Lipinski definition) is 1. The van der Waals surface area contributed by atoms with Crippen molar-refractivity contribution in [3.8, 4) is 0 Å². The number of rotatable bonds is 7. The average Bonchev–Trinajstić information content (AvgIpc) is 2.97. The van der Waals surface area contributed by atoms with Crippen LogP contribution in [0, 0.1) is 0 Å². The normalized spacial score (nSPS) is 10.9. The van der Waals surface area contributed by atoms with Crippen molar-refractivity contribution in [1.29, 1.82) is 0 Å². The Labute approximate surface area is 107 Å². The monoisotopic (exact) mass is 249 g/mol. The van der Waals surface area contributed by atoms with Crippen LogP contribution in [0.25, 0.3) is 0 Å². The van der Waals surface area contributed by atoms with Crippen molar-refractivity contribution in [1.82, 2.24) is 14.9 Å². The minimum Gasteiger partial charge on any atom is -0.333 e. The van der Waals surface area contributed by atoms with Gasteiger partial charge in [0.25, 0.3) is 0 Å². The molecule has 0 fully saturated rings. The second-order valence-electron chi connectivity index (χ2n) is 4.08. The second-order valence-corrected chi connectivity index (χ2v) is 5.12. The summed E-state index contributed by atoms with van der Waals surface area (Å²) in [4.78, 5) is 5.66. The van der Waals surface area contributed by atoms with Crippen LogP contribution in [-0.4, -0.2) is 16.1 Å². The lowest BCUT2D eigenvalue weighted by molar-refractivity contribution is 0.606. The Morgan fingerprint density at radius 2 is 2.41 bits per heavy atom. The summed E-state index contributed by atoms with van der Waals surface area (Å²) in [6, 6.07) is 4.30. The van der Waals surface area contributed by atoms with Crippen LogP contribution in [0.15, 0.2) is 30.0 Å². The summed E-state index contributed by atoms with van der Waals surface area (Å²) in [5, 5.41) is 5.54. The predicted octanol–water partition coefficient (Wildman–Crippen LogP) is 2.69. The van der Waals surface area contributed by atoms with E-state index in [4.69, 9.17) is 0 Å². The van der Waals surface area contributed by atoms with E-state index in [1.165, 1.54) is 17.0 Å². The Hall–Kier alpha value is -1.13. The Bertz CT molecular complexity index is 420. The minimum atomic E-state index is 0.915. The lowest BCUT2D eigenvalue weighted by Gasteiger charge is -2.08. The van der Waals surface area contributed by atoms with Crippen molar-refractivity contribution in [2.24, 2.45) is 0 Å². The van der Waals surface area contributed by atoms with E-state index in [0.717, 1.165) is 26.1 Å². The van der Waals surface area contributed by atoms with E-state index in [9.17, 15) is 0 Å². The van der Waals surface area contributed by atoms with Crippen LogP contribution >= 0.6 is 11.3 Å². The molecule has 0 amide bonds. The first-order valence-corrected chi connectivity index (χ1v) is 7.00. The summed E-state index contributed by atoms with van der Waals surface area (Å²) in [5.74, 6) is 0. The third-order valence-electron chi connectivity index (χ3n) is 2.71. The van der Waals surface area contributed by atoms with E-state index >= 15 is 0 Å². The lowest BCUT2D eigenvalue weighted by atomic mass is 10.3. The van der Waals surface area contributed by atoms with Gasteiger partial charge in [-0.3, -0.25) is 0 Å². The van der Waals surface area contributed by atoms with Crippen LogP contribution in [0.1, 0.15) is 23.9 Å². The van der Waals surface area contributed by atoms with Gasteiger partial charge in [-0.1, -0.05) is 13.0 Å². The van der Waals surface area contributed by atoms with Gasteiger partial charge in [0.2, 0.25) is 0 Å². The number of imidazole rings is 1. The molecule has 92 valence electrons. The molecule has 0 saturated carbocycles. The Morgan fingerprint density at radius 1 is 1.47 bits per heavy atom. The van der Waals surface area contributed by atoms with Crippen molar-refractivity contribution in [2.75, 3.05) is 6.54 Å². The predicted molar refractivity (Wildman–Crippen MR) is 72.2 cm³/mol. The van der Waals surface area contributed by atoms with E-state index in [0.29, 0.717) is 0 Å². The Kier molecular flexibility index (Phi) is 4.76. The van der Waals surface area contributed by atoms with E-state index in [1.807, 2.05) is 23.9 Å². The molecule has 0 aromatic carbocycles. The maximum atomic E-state index is 4.23. The van der Waals surface area contributed by atoms with Gasteiger partial charge < -0.3 is 9.88 Å². The molecule has 0 unspecified atom stereocenters. The summed E-state index contributed by atoms with van der Waals surface area (Å²) >= 11 is 1.82. The molecule has 1 N–H and O–H groups in total. The third kappa shape index (κ3) is 3.68. The van der Waals surface area contributed by atoms with Gasteiger partial charge in [0.1, 0.15) is 0 Å². The molecule has 2 aromatic rings. The molecule has 0 radical (unpaired) electrons. The van der Waals surface area contributed by atoms with Gasteiger partial charge in [0.15, 0.2) is 0 Å². The van der Waals surface area contributed by atoms with Crippen LogP contribution in [0.5, 0.6) is 0 Å². The standard InChI is InChI=1S/C13H19N3S/c1-2-6-14-9-12-10-15-11-16(12)7-5-13-4-3-8-17-13/h3-4,8,10-11,14H,2,5-7,9H2,1H3. The summed E-state index contributed by atoms with van der Waals surface area (Å²) in [6.07, 6.45) is 6.14. The molecule has 0 saturated heterocycles. The topological polar surface area (TPSA) is 29.9 Å². The molecule has 3 nitrogen and oxygen atoms in total. The molecule has 0 spiro atoms. The van der Waals surface area contributed by atoms with E-state index in [1.54, 1.807) is 0 Å². The zero-order valence-corrected chi connectivity index (χ0v) is 11.0. The van der Waals surface area contributed by atoms with Crippen LogP contribution < -0.4 is 5.32 Å². The number of nitrogens with zero attached hydrogens (tertiary/aromatic N) is 2. The van der Waals surface area contributed by atoms with Gasteiger partial charge in [-0.05, 0) is 30.8 Å². The first-order valence-electron chi connectivity index (χ1n) is 6.12. The van der Waals surface area contributed by atoms with Crippen LogP contribution in [0.4, 0.5) is 0 Å². The molecule has 4 heteroatoms. The smallest absolute Gasteiger partial charge is 0.0948 e. The fourth-order valence-electron chi connectivity index (χ4n) is 1.78. The molecule has 17 heavy (non-hydrogen) atoms. The summed E-state index contributed by atoms with van der Waals surface area (Å²) in [5.41, 5.74) is 1.27. The highest BCUT2D eigenvalue weighted by molar-refractivity contribution is 7.09. The first-order chi connectivity index (χ1) is 8.40. The molecule has 2 aromatic heterocycles. The van der Waals surface area contributed by atoms with E-state index < -0.39 is 0 Å². The molecular formula is C13H19N3S. The zero-order valence-electron chi connectivity index (χ0n) is 10.2. The maximum Gasteiger partial charge on any atom is 0.0948 e. The lowest BCUT2D eigenvalue weighted by Crippen LogP contribution is -2.17. The molecule has 0 bridgehead atoms. The fourth-order valence-corrected chi connectivity index (χ4v) is 2.47.